The molecule has 0 bridgehead atoms. The second kappa shape index (κ2) is 2.53. The van der Waals surface area contributed by atoms with Gasteiger partial charge in [0.2, 0.25) is 5.91 Å². The van der Waals surface area contributed by atoms with E-state index in [1.807, 2.05) is 6.92 Å². The number of rotatable bonds is 1. The Hall–Kier alpha value is -1.45. The molecule has 2 heterocycles. The van der Waals surface area contributed by atoms with E-state index in [0.717, 1.165) is 22.9 Å². The quantitative estimate of drug-likeness (QED) is 0.721. The van der Waals surface area contributed by atoms with Crippen LogP contribution in [0.15, 0.2) is 0 Å². The van der Waals surface area contributed by atoms with Gasteiger partial charge in [0, 0.05) is 17.2 Å². The van der Waals surface area contributed by atoms with Crippen molar-refractivity contribution < 1.29 is 4.79 Å². The van der Waals surface area contributed by atoms with Gasteiger partial charge in [-0.3, -0.25) is 4.79 Å². The molecule has 4 nitrogen and oxygen atoms in total. The third-order valence-corrected chi connectivity index (χ3v) is 2.77. The summed E-state index contributed by atoms with van der Waals surface area (Å²) in [5.74, 6) is 2.22. The van der Waals surface area contributed by atoms with Gasteiger partial charge in [-0.25, -0.2) is 9.97 Å². The first-order valence-electron chi connectivity index (χ1n) is 4.91. The summed E-state index contributed by atoms with van der Waals surface area (Å²) in [6.07, 6.45) is 2.81. The van der Waals surface area contributed by atoms with Crippen molar-refractivity contribution in [2.75, 3.05) is 5.32 Å². The van der Waals surface area contributed by atoms with Gasteiger partial charge in [-0.05, 0) is 19.8 Å². The zero-order chi connectivity index (χ0) is 9.71. The number of carbonyl (C=O) groups excluding carboxylic acids is 1. The van der Waals surface area contributed by atoms with E-state index in [1.165, 1.54) is 12.8 Å². The third-order valence-electron chi connectivity index (χ3n) is 2.77. The van der Waals surface area contributed by atoms with E-state index in [2.05, 4.69) is 15.3 Å². The van der Waals surface area contributed by atoms with Gasteiger partial charge in [0.05, 0.1) is 6.42 Å². The molecule has 1 amide bonds. The Kier molecular flexibility index (Phi) is 1.43. The molecule has 0 saturated heterocycles. The fourth-order valence-electron chi connectivity index (χ4n) is 1.79. The maximum absolute atomic E-state index is 11.2. The number of amides is 1. The van der Waals surface area contributed by atoms with Crippen LogP contribution in [0.5, 0.6) is 0 Å². The van der Waals surface area contributed by atoms with E-state index in [1.54, 1.807) is 0 Å². The lowest BCUT2D eigenvalue weighted by Crippen LogP contribution is -2.05. The summed E-state index contributed by atoms with van der Waals surface area (Å²) >= 11 is 0. The maximum atomic E-state index is 11.2. The number of hydrogen-bond acceptors (Lipinski definition) is 3. The Labute approximate surface area is 81.8 Å². The first-order valence-corrected chi connectivity index (χ1v) is 4.91. The summed E-state index contributed by atoms with van der Waals surface area (Å²) in [5.41, 5.74) is 1.93. The molecule has 14 heavy (non-hydrogen) atoms. The molecule has 0 aromatic carbocycles. The first kappa shape index (κ1) is 7.91. The Morgan fingerprint density at radius 3 is 2.86 bits per heavy atom. The van der Waals surface area contributed by atoms with Gasteiger partial charge < -0.3 is 5.32 Å². The Balaban J connectivity index is 2.10. The van der Waals surface area contributed by atoms with Crippen LogP contribution < -0.4 is 5.32 Å². The Morgan fingerprint density at radius 1 is 1.36 bits per heavy atom. The molecule has 2 aliphatic rings. The molecule has 1 N–H and O–H groups in total. The molecule has 72 valence electrons. The van der Waals surface area contributed by atoms with Crippen LogP contribution in [-0.2, 0) is 11.2 Å². The second-order valence-electron chi connectivity index (χ2n) is 3.99. The van der Waals surface area contributed by atoms with Crippen molar-refractivity contribution in [2.45, 2.75) is 32.1 Å². The second-order valence-corrected chi connectivity index (χ2v) is 3.99. The van der Waals surface area contributed by atoms with E-state index >= 15 is 0 Å². The van der Waals surface area contributed by atoms with Gasteiger partial charge >= 0.3 is 0 Å². The number of carbonyl (C=O) groups is 1. The van der Waals surface area contributed by atoms with Gasteiger partial charge in [0.1, 0.15) is 11.6 Å². The van der Waals surface area contributed by atoms with Gasteiger partial charge in [-0.15, -0.1) is 0 Å². The largest absolute Gasteiger partial charge is 0.310 e. The number of nitrogens with one attached hydrogen (secondary N) is 1. The first-order chi connectivity index (χ1) is 6.74. The minimum absolute atomic E-state index is 0.0327. The van der Waals surface area contributed by atoms with Crippen molar-refractivity contribution in [2.24, 2.45) is 0 Å². The summed E-state index contributed by atoms with van der Waals surface area (Å²) in [7, 11) is 0. The lowest BCUT2D eigenvalue weighted by Gasteiger charge is -2.04. The molecule has 0 atom stereocenters. The summed E-state index contributed by atoms with van der Waals surface area (Å²) in [6.45, 7) is 1.95. The normalized spacial score (nSPS) is 19.4. The topological polar surface area (TPSA) is 54.9 Å². The average Bonchev–Trinajstić information content (AvgIpc) is 2.89. The molecule has 1 fully saturated rings. The molecule has 4 heteroatoms. The number of aryl methyl sites for hydroxylation is 1. The molecular weight excluding hydrogens is 178 g/mol. The van der Waals surface area contributed by atoms with E-state index in [9.17, 15) is 4.79 Å². The van der Waals surface area contributed by atoms with E-state index in [0.29, 0.717) is 12.3 Å². The minimum atomic E-state index is 0.0327. The molecule has 1 saturated carbocycles. The fourth-order valence-corrected chi connectivity index (χ4v) is 1.79. The third kappa shape index (κ3) is 1.10. The molecule has 1 aromatic heterocycles. The highest BCUT2D eigenvalue weighted by Gasteiger charge is 2.30. The standard InChI is InChI=1S/C10H11N3O/c1-5-7-4-8(14)12-10(7)13-9(11-5)6-2-3-6/h6H,2-4H2,1H3,(H,11,12,13,14). The zero-order valence-electron chi connectivity index (χ0n) is 8.00. The Morgan fingerprint density at radius 2 is 2.14 bits per heavy atom. The van der Waals surface area contributed by atoms with E-state index in [-0.39, 0.29) is 5.91 Å². The Bertz CT molecular complexity index is 424. The van der Waals surface area contributed by atoms with Crippen LogP contribution in [0.3, 0.4) is 0 Å². The lowest BCUT2D eigenvalue weighted by molar-refractivity contribution is -0.115. The highest BCUT2D eigenvalue weighted by atomic mass is 16.1. The van der Waals surface area contributed by atoms with Crippen LogP contribution >= 0.6 is 0 Å². The van der Waals surface area contributed by atoms with Crippen LogP contribution in [0, 0.1) is 6.92 Å². The molecule has 1 aliphatic heterocycles. The van der Waals surface area contributed by atoms with Crippen LogP contribution in [-0.4, -0.2) is 15.9 Å². The fraction of sp³-hybridized carbons (Fsp3) is 0.500. The van der Waals surface area contributed by atoms with Crippen molar-refractivity contribution in [3.63, 3.8) is 0 Å². The number of aromatic nitrogens is 2. The number of fused-ring (bicyclic) bond motifs is 1. The zero-order valence-corrected chi connectivity index (χ0v) is 8.00. The smallest absolute Gasteiger partial charge is 0.230 e. The van der Waals surface area contributed by atoms with Crippen LogP contribution in [0.1, 0.15) is 35.8 Å². The van der Waals surface area contributed by atoms with Gasteiger partial charge in [-0.1, -0.05) is 0 Å². The molecule has 1 aliphatic carbocycles. The number of hydrogen-bond donors (Lipinski definition) is 1. The van der Waals surface area contributed by atoms with Gasteiger partial charge in [0.25, 0.3) is 0 Å². The monoisotopic (exact) mass is 189 g/mol. The summed E-state index contributed by atoms with van der Waals surface area (Å²) in [4.78, 5) is 20.0. The molecule has 0 radical (unpaired) electrons. The predicted molar refractivity (Wildman–Crippen MR) is 51.1 cm³/mol. The molecule has 3 rings (SSSR count). The highest BCUT2D eigenvalue weighted by Crippen LogP contribution is 2.39. The molecular formula is C10H11N3O. The number of anilines is 1. The van der Waals surface area contributed by atoms with Crippen molar-refractivity contribution >= 4 is 11.7 Å². The van der Waals surface area contributed by atoms with Crippen LogP contribution in [0.2, 0.25) is 0 Å². The van der Waals surface area contributed by atoms with E-state index in [4.69, 9.17) is 0 Å². The molecule has 1 aromatic rings. The van der Waals surface area contributed by atoms with Gasteiger partial charge in [-0.2, -0.15) is 0 Å². The highest BCUT2D eigenvalue weighted by molar-refractivity contribution is 5.98. The average molecular weight is 189 g/mol. The predicted octanol–water partition coefficient (Wildman–Crippen LogP) is 1.16. The minimum Gasteiger partial charge on any atom is -0.310 e. The SMILES string of the molecule is Cc1nc(C2CC2)nc2c1CC(=O)N2. The van der Waals surface area contributed by atoms with E-state index < -0.39 is 0 Å². The van der Waals surface area contributed by atoms with Crippen molar-refractivity contribution in [3.8, 4) is 0 Å². The molecule has 0 unspecified atom stereocenters. The summed E-state index contributed by atoms with van der Waals surface area (Å²) in [5, 5.41) is 2.77. The summed E-state index contributed by atoms with van der Waals surface area (Å²) < 4.78 is 0. The maximum Gasteiger partial charge on any atom is 0.230 e. The molecule has 0 spiro atoms. The summed E-state index contributed by atoms with van der Waals surface area (Å²) in [6, 6.07) is 0. The van der Waals surface area contributed by atoms with Crippen molar-refractivity contribution in [3.05, 3.63) is 17.1 Å². The number of nitrogens with zero attached hydrogens (tertiary/aromatic N) is 2. The van der Waals surface area contributed by atoms with Crippen LogP contribution in [0.25, 0.3) is 0 Å². The van der Waals surface area contributed by atoms with Gasteiger partial charge in [0.15, 0.2) is 0 Å². The van der Waals surface area contributed by atoms with Crippen LogP contribution in [0.4, 0.5) is 5.82 Å². The van der Waals surface area contributed by atoms with Crippen molar-refractivity contribution in [1.29, 1.82) is 0 Å². The lowest BCUT2D eigenvalue weighted by atomic mass is 10.2. The van der Waals surface area contributed by atoms with Crippen molar-refractivity contribution in [1.82, 2.24) is 9.97 Å².